The summed E-state index contributed by atoms with van der Waals surface area (Å²) in [4.78, 5) is 0. The highest BCUT2D eigenvalue weighted by atomic mass is 15.2. The number of terminal acetylenes is 1. The summed E-state index contributed by atoms with van der Waals surface area (Å²) in [6.45, 7) is 0. The maximum absolute atomic E-state index is 5.53. The Labute approximate surface area is 87.6 Å². The Morgan fingerprint density at radius 1 is 1.21 bits per heavy atom. The van der Waals surface area contributed by atoms with Gasteiger partial charge in [-0.2, -0.15) is 0 Å². The molecule has 1 aliphatic carbocycles. The van der Waals surface area contributed by atoms with Crippen LogP contribution in [0.5, 0.6) is 0 Å². The lowest BCUT2D eigenvalue weighted by Crippen LogP contribution is -2.40. The highest BCUT2D eigenvalue weighted by molar-refractivity contribution is 4.91. The Morgan fingerprint density at radius 3 is 2.29 bits per heavy atom. The standard InChI is InChI=1S/C12H22N2/c1-2-8-12(14-13)11-9-6-4-3-5-7-10-11/h1,11-12,14H,3-10,13H2. The summed E-state index contributed by atoms with van der Waals surface area (Å²) in [6, 6.07) is 0.332. The molecule has 0 saturated heterocycles. The average Bonchev–Trinajstić information content (AvgIpc) is 2.15. The third kappa shape index (κ3) is 3.69. The molecule has 1 rings (SSSR count). The van der Waals surface area contributed by atoms with Gasteiger partial charge in [-0.3, -0.25) is 11.3 Å². The Kier molecular flexibility index (Phi) is 5.66. The molecule has 0 amide bonds. The van der Waals surface area contributed by atoms with Crippen LogP contribution in [0.1, 0.15) is 51.4 Å². The summed E-state index contributed by atoms with van der Waals surface area (Å²) >= 11 is 0. The van der Waals surface area contributed by atoms with Crippen LogP contribution in [0.25, 0.3) is 0 Å². The third-order valence-electron chi connectivity index (χ3n) is 3.27. The van der Waals surface area contributed by atoms with Crippen molar-refractivity contribution in [3.8, 4) is 12.3 Å². The predicted octanol–water partition coefficient (Wildman–Crippen LogP) is 2.20. The second-order valence-corrected chi connectivity index (χ2v) is 4.29. The zero-order valence-electron chi connectivity index (χ0n) is 8.97. The van der Waals surface area contributed by atoms with E-state index in [1.165, 1.54) is 44.9 Å². The Hall–Kier alpha value is -0.520. The molecule has 0 aromatic heterocycles. The fourth-order valence-electron chi connectivity index (χ4n) is 2.38. The van der Waals surface area contributed by atoms with Crippen molar-refractivity contribution < 1.29 is 0 Å². The van der Waals surface area contributed by atoms with Gasteiger partial charge in [0.25, 0.3) is 0 Å². The van der Waals surface area contributed by atoms with Gasteiger partial charge in [-0.25, -0.2) is 0 Å². The summed E-state index contributed by atoms with van der Waals surface area (Å²) < 4.78 is 0. The van der Waals surface area contributed by atoms with Crippen LogP contribution in [0, 0.1) is 18.3 Å². The van der Waals surface area contributed by atoms with Crippen molar-refractivity contribution in [3.63, 3.8) is 0 Å². The molecule has 0 bridgehead atoms. The molecule has 0 radical (unpaired) electrons. The number of hydrazine groups is 1. The molecule has 0 aliphatic heterocycles. The van der Waals surface area contributed by atoms with E-state index in [1.54, 1.807) is 0 Å². The van der Waals surface area contributed by atoms with Gasteiger partial charge in [0.1, 0.15) is 0 Å². The quantitative estimate of drug-likeness (QED) is 0.410. The second-order valence-electron chi connectivity index (χ2n) is 4.29. The normalized spacial score (nSPS) is 22.0. The van der Waals surface area contributed by atoms with E-state index >= 15 is 0 Å². The van der Waals surface area contributed by atoms with Crippen molar-refractivity contribution in [2.45, 2.75) is 57.4 Å². The first kappa shape index (κ1) is 11.6. The summed E-state index contributed by atoms with van der Waals surface area (Å²) in [5.74, 6) is 8.93. The smallest absolute Gasteiger partial charge is 0.0348 e. The van der Waals surface area contributed by atoms with Gasteiger partial charge in [0.2, 0.25) is 0 Å². The molecule has 1 aliphatic rings. The predicted molar refractivity (Wildman–Crippen MR) is 60.4 cm³/mol. The summed E-state index contributed by atoms with van der Waals surface area (Å²) in [6.07, 6.45) is 15.5. The van der Waals surface area contributed by atoms with E-state index in [0.29, 0.717) is 12.0 Å². The minimum atomic E-state index is 0.332. The van der Waals surface area contributed by atoms with Crippen LogP contribution in [0.4, 0.5) is 0 Å². The van der Waals surface area contributed by atoms with E-state index in [-0.39, 0.29) is 0 Å². The van der Waals surface area contributed by atoms with Gasteiger partial charge >= 0.3 is 0 Å². The molecule has 0 spiro atoms. The zero-order chi connectivity index (χ0) is 10.2. The van der Waals surface area contributed by atoms with E-state index in [4.69, 9.17) is 12.3 Å². The molecule has 0 aromatic carbocycles. The van der Waals surface area contributed by atoms with E-state index in [2.05, 4.69) is 11.3 Å². The highest BCUT2D eigenvalue weighted by Gasteiger charge is 2.19. The first-order valence-corrected chi connectivity index (χ1v) is 5.78. The van der Waals surface area contributed by atoms with Crippen LogP contribution >= 0.6 is 0 Å². The average molecular weight is 194 g/mol. The first-order chi connectivity index (χ1) is 6.88. The number of hydrogen-bond donors (Lipinski definition) is 2. The third-order valence-corrected chi connectivity index (χ3v) is 3.27. The van der Waals surface area contributed by atoms with Crippen molar-refractivity contribution in [3.05, 3.63) is 0 Å². The molecule has 0 aromatic rings. The molecular formula is C12H22N2. The van der Waals surface area contributed by atoms with E-state index < -0.39 is 0 Å². The minimum Gasteiger partial charge on any atom is -0.271 e. The monoisotopic (exact) mass is 194 g/mol. The molecule has 14 heavy (non-hydrogen) atoms. The number of hydrogen-bond acceptors (Lipinski definition) is 2. The number of rotatable bonds is 3. The molecular weight excluding hydrogens is 172 g/mol. The van der Waals surface area contributed by atoms with Gasteiger partial charge in [-0.05, 0) is 18.8 Å². The van der Waals surface area contributed by atoms with Gasteiger partial charge < -0.3 is 0 Å². The van der Waals surface area contributed by atoms with Crippen molar-refractivity contribution in [2.24, 2.45) is 11.8 Å². The molecule has 1 saturated carbocycles. The fourth-order valence-corrected chi connectivity index (χ4v) is 2.38. The van der Waals surface area contributed by atoms with Crippen molar-refractivity contribution in [1.82, 2.24) is 5.43 Å². The largest absolute Gasteiger partial charge is 0.271 e. The van der Waals surface area contributed by atoms with Crippen molar-refractivity contribution in [2.75, 3.05) is 0 Å². The van der Waals surface area contributed by atoms with Gasteiger partial charge in [0, 0.05) is 12.5 Å². The van der Waals surface area contributed by atoms with E-state index in [0.717, 1.165) is 6.42 Å². The molecule has 1 atom stereocenters. The topological polar surface area (TPSA) is 38.0 Å². The van der Waals surface area contributed by atoms with Crippen molar-refractivity contribution in [1.29, 1.82) is 0 Å². The van der Waals surface area contributed by atoms with Gasteiger partial charge in [0.15, 0.2) is 0 Å². The highest BCUT2D eigenvalue weighted by Crippen LogP contribution is 2.25. The first-order valence-electron chi connectivity index (χ1n) is 5.78. The maximum Gasteiger partial charge on any atom is 0.0348 e. The zero-order valence-corrected chi connectivity index (χ0v) is 8.97. The molecule has 2 nitrogen and oxygen atoms in total. The lowest BCUT2D eigenvalue weighted by molar-refractivity contribution is 0.290. The Morgan fingerprint density at radius 2 is 1.79 bits per heavy atom. The van der Waals surface area contributed by atoms with Crippen LogP contribution in [-0.2, 0) is 0 Å². The lowest BCUT2D eigenvalue weighted by Gasteiger charge is -2.26. The Balaban J connectivity index is 2.40. The van der Waals surface area contributed by atoms with E-state index in [9.17, 15) is 0 Å². The van der Waals surface area contributed by atoms with Gasteiger partial charge in [0.05, 0.1) is 0 Å². The van der Waals surface area contributed by atoms with Gasteiger partial charge in [-0.1, -0.05) is 32.1 Å². The number of nitrogens with two attached hydrogens (primary N) is 1. The van der Waals surface area contributed by atoms with Crippen LogP contribution < -0.4 is 11.3 Å². The lowest BCUT2D eigenvalue weighted by atomic mass is 9.85. The summed E-state index contributed by atoms with van der Waals surface area (Å²) in [5, 5.41) is 0. The van der Waals surface area contributed by atoms with Gasteiger partial charge in [-0.15, -0.1) is 12.3 Å². The van der Waals surface area contributed by atoms with Crippen LogP contribution in [0.3, 0.4) is 0 Å². The molecule has 2 heteroatoms. The molecule has 1 fully saturated rings. The van der Waals surface area contributed by atoms with Crippen LogP contribution in [0.15, 0.2) is 0 Å². The van der Waals surface area contributed by atoms with Crippen LogP contribution in [-0.4, -0.2) is 6.04 Å². The molecule has 0 heterocycles. The Bertz CT molecular complexity index is 175. The molecule has 1 unspecified atom stereocenters. The SMILES string of the molecule is C#CCC(NN)C1CCCCCCC1. The van der Waals surface area contributed by atoms with Crippen LogP contribution in [0.2, 0.25) is 0 Å². The summed E-state index contributed by atoms with van der Waals surface area (Å²) in [5.41, 5.74) is 2.88. The second kappa shape index (κ2) is 6.86. The minimum absolute atomic E-state index is 0.332. The maximum atomic E-state index is 5.53. The molecule has 3 N–H and O–H groups in total. The summed E-state index contributed by atoms with van der Waals surface area (Å²) in [7, 11) is 0. The number of nitrogens with one attached hydrogen (secondary N) is 1. The van der Waals surface area contributed by atoms with E-state index in [1.807, 2.05) is 0 Å². The fraction of sp³-hybridized carbons (Fsp3) is 0.833. The molecule has 80 valence electrons. The van der Waals surface area contributed by atoms with Crippen molar-refractivity contribution >= 4 is 0 Å².